The van der Waals surface area contributed by atoms with E-state index >= 15 is 0 Å². The number of aromatic nitrogens is 1. The van der Waals surface area contributed by atoms with E-state index in [0.717, 1.165) is 5.56 Å². The maximum atomic E-state index is 11.6. The Kier molecular flexibility index (Phi) is 3.44. The number of carbonyl (C=O) groups excluding carboxylic acids is 1. The molecule has 0 bridgehead atoms. The zero-order chi connectivity index (χ0) is 13.0. The van der Waals surface area contributed by atoms with Gasteiger partial charge in [0.15, 0.2) is 6.10 Å². The van der Waals surface area contributed by atoms with Gasteiger partial charge >= 0.3 is 5.97 Å². The molecule has 1 atom stereocenters. The highest BCUT2D eigenvalue weighted by molar-refractivity contribution is 5.87. The lowest BCUT2D eigenvalue weighted by Gasteiger charge is -2.03. The number of esters is 1. The zero-order valence-electron chi connectivity index (χ0n) is 9.79. The van der Waals surface area contributed by atoms with Crippen molar-refractivity contribution in [3.8, 4) is 23.6 Å². The van der Waals surface area contributed by atoms with E-state index in [-0.39, 0.29) is 5.76 Å². The predicted molar refractivity (Wildman–Crippen MR) is 65.6 cm³/mol. The summed E-state index contributed by atoms with van der Waals surface area (Å²) in [4.78, 5) is 11.6. The van der Waals surface area contributed by atoms with Crippen LogP contribution in [0.5, 0.6) is 0 Å². The van der Waals surface area contributed by atoms with Crippen molar-refractivity contribution in [2.45, 2.75) is 13.0 Å². The largest absolute Gasteiger partial charge is 0.444 e. The second-order valence-electron chi connectivity index (χ2n) is 3.66. The summed E-state index contributed by atoms with van der Waals surface area (Å²) in [6.45, 7) is 1.60. The van der Waals surface area contributed by atoms with E-state index in [1.54, 1.807) is 6.92 Å². The maximum Gasteiger partial charge on any atom is 0.378 e. The zero-order valence-corrected chi connectivity index (χ0v) is 9.79. The fourth-order valence-electron chi connectivity index (χ4n) is 1.37. The molecule has 0 N–H and O–H groups in total. The van der Waals surface area contributed by atoms with Crippen molar-refractivity contribution < 1.29 is 14.1 Å². The van der Waals surface area contributed by atoms with Gasteiger partial charge in [0.25, 0.3) is 0 Å². The highest BCUT2D eigenvalue weighted by atomic mass is 16.6. The number of terminal acetylenes is 1. The topological polar surface area (TPSA) is 52.3 Å². The lowest BCUT2D eigenvalue weighted by Crippen LogP contribution is -2.12. The fraction of sp³-hybridized carbons (Fsp3) is 0.143. The second-order valence-corrected chi connectivity index (χ2v) is 3.66. The molecule has 0 spiro atoms. The summed E-state index contributed by atoms with van der Waals surface area (Å²) in [5.41, 5.74) is 1.45. The van der Waals surface area contributed by atoms with Gasteiger partial charge in [0.1, 0.15) is 5.69 Å². The van der Waals surface area contributed by atoms with Gasteiger partial charge in [0.05, 0.1) is 0 Å². The van der Waals surface area contributed by atoms with Gasteiger partial charge in [0, 0.05) is 11.6 Å². The first kappa shape index (κ1) is 11.9. The van der Waals surface area contributed by atoms with Gasteiger partial charge < -0.3 is 9.26 Å². The molecule has 0 radical (unpaired) electrons. The van der Waals surface area contributed by atoms with Gasteiger partial charge in [-0.25, -0.2) is 4.79 Å². The Bertz CT molecular complexity index is 581. The molecule has 0 aliphatic heterocycles. The number of hydrogen-bond donors (Lipinski definition) is 0. The minimum atomic E-state index is -0.616. The molecule has 0 aliphatic rings. The van der Waals surface area contributed by atoms with E-state index < -0.39 is 12.1 Å². The number of ether oxygens (including phenoxy) is 1. The molecule has 18 heavy (non-hydrogen) atoms. The second kappa shape index (κ2) is 5.19. The van der Waals surface area contributed by atoms with Crippen LogP contribution in [0.3, 0.4) is 0 Å². The van der Waals surface area contributed by atoms with Gasteiger partial charge in [0.2, 0.25) is 5.76 Å². The number of benzene rings is 1. The predicted octanol–water partition coefficient (Wildman–Crippen LogP) is 2.52. The van der Waals surface area contributed by atoms with Gasteiger partial charge in [-0.2, -0.15) is 0 Å². The Morgan fingerprint density at radius 2 is 2.17 bits per heavy atom. The molecule has 1 unspecified atom stereocenters. The molecule has 0 aliphatic carbocycles. The quantitative estimate of drug-likeness (QED) is 0.612. The standard InChI is InChI=1S/C14H11NO3/c1-3-10(2)17-14(16)13-9-12(15-18-13)11-7-5-4-6-8-11/h1,4-10H,2H3. The SMILES string of the molecule is C#CC(C)OC(=O)c1cc(-c2ccccc2)no1. The third kappa shape index (κ3) is 2.58. The van der Waals surface area contributed by atoms with Crippen LogP contribution in [-0.4, -0.2) is 17.2 Å². The van der Waals surface area contributed by atoms with Crippen LogP contribution in [0.1, 0.15) is 17.5 Å². The average Bonchev–Trinajstić information content (AvgIpc) is 2.89. The van der Waals surface area contributed by atoms with Crippen LogP contribution >= 0.6 is 0 Å². The van der Waals surface area contributed by atoms with Gasteiger partial charge in [-0.15, -0.1) is 6.42 Å². The summed E-state index contributed by atoms with van der Waals surface area (Å²) in [5.74, 6) is 1.72. The van der Waals surface area contributed by atoms with Crippen LogP contribution in [0, 0.1) is 12.3 Å². The molecule has 0 saturated heterocycles. The van der Waals surface area contributed by atoms with E-state index in [1.165, 1.54) is 6.07 Å². The Morgan fingerprint density at radius 3 is 2.83 bits per heavy atom. The van der Waals surface area contributed by atoms with E-state index in [1.807, 2.05) is 30.3 Å². The van der Waals surface area contributed by atoms with Crippen LogP contribution < -0.4 is 0 Å². The third-order valence-corrected chi connectivity index (χ3v) is 2.30. The van der Waals surface area contributed by atoms with E-state index in [0.29, 0.717) is 5.69 Å². The summed E-state index contributed by atoms with van der Waals surface area (Å²) in [7, 11) is 0. The van der Waals surface area contributed by atoms with Crippen molar-refractivity contribution >= 4 is 5.97 Å². The van der Waals surface area contributed by atoms with E-state index in [2.05, 4.69) is 11.1 Å². The molecule has 90 valence electrons. The molecule has 0 fully saturated rings. The Hall–Kier alpha value is -2.54. The van der Waals surface area contributed by atoms with Crippen molar-refractivity contribution in [3.63, 3.8) is 0 Å². The number of hydrogen-bond acceptors (Lipinski definition) is 4. The minimum Gasteiger partial charge on any atom is -0.444 e. The molecule has 4 heteroatoms. The van der Waals surface area contributed by atoms with E-state index in [4.69, 9.17) is 15.7 Å². The number of nitrogens with zero attached hydrogens (tertiary/aromatic N) is 1. The summed E-state index contributed by atoms with van der Waals surface area (Å²) in [6.07, 6.45) is 4.53. The normalized spacial score (nSPS) is 11.6. The van der Waals surface area contributed by atoms with Crippen LogP contribution in [0.4, 0.5) is 0 Å². The molecule has 4 nitrogen and oxygen atoms in total. The van der Waals surface area contributed by atoms with Crippen molar-refractivity contribution in [2.75, 3.05) is 0 Å². The first-order valence-corrected chi connectivity index (χ1v) is 5.40. The molecule has 2 aromatic rings. The highest BCUT2D eigenvalue weighted by Gasteiger charge is 2.17. The van der Waals surface area contributed by atoms with Crippen molar-refractivity contribution in [1.82, 2.24) is 5.16 Å². The summed E-state index contributed by atoms with van der Waals surface area (Å²) in [5, 5.41) is 3.81. The highest BCUT2D eigenvalue weighted by Crippen LogP contribution is 2.19. The molecule has 0 saturated carbocycles. The number of carbonyl (C=O) groups is 1. The molecule has 0 amide bonds. The Balaban J connectivity index is 2.17. The summed E-state index contributed by atoms with van der Waals surface area (Å²) in [6, 6.07) is 10.9. The minimum absolute atomic E-state index is 0.0379. The fourth-order valence-corrected chi connectivity index (χ4v) is 1.37. The molecular formula is C14H11NO3. The van der Waals surface area contributed by atoms with Crippen molar-refractivity contribution in [1.29, 1.82) is 0 Å². The van der Waals surface area contributed by atoms with Gasteiger partial charge in [-0.3, -0.25) is 0 Å². The molecule has 1 aromatic carbocycles. The lowest BCUT2D eigenvalue weighted by molar-refractivity contribution is 0.0392. The van der Waals surface area contributed by atoms with Crippen LogP contribution in [0.2, 0.25) is 0 Å². The first-order chi connectivity index (χ1) is 8.70. The van der Waals surface area contributed by atoms with Crippen molar-refractivity contribution in [3.05, 3.63) is 42.2 Å². The smallest absolute Gasteiger partial charge is 0.378 e. The molecule has 2 rings (SSSR count). The first-order valence-electron chi connectivity index (χ1n) is 5.40. The summed E-state index contributed by atoms with van der Waals surface area (Å²) < 4.78 is 9.86. The monoisotopic (exact) mass is 241 g/mol. The van der Waals surface area contributed by atoms with Crippen LogP contribution in [-0.2, 0) is 4.74 Å². The Labute approximate surface area is 105 Å². The van der Waals surface area contributed by atoms with Crippen LogP contribution in [0.15, 0.2) is 40.9 Å². The molecular weight excluding hydrogens is 230 g/mol. The average molecular weight is 241 g/mol. The van der Waals surface area contributed by atoms with E-state index in [9.17, 15) is 4.79 Å². The molecule has 1 heterocycles. The van der Waals surface area contributed by atoms with Gasteiger partial charge in [-0.05, 0) is 6.92 Å². The Morgan fingerprint density at radius 1 is 1.44 bits per heavy atom. The van der Waals surface area contributed by atoms with Crippen LogP contribution in [0.25, 0.3) is 11.3 Å². The maximum absolute atomic E-state index is 11.6. The molecule has 1 aromatic heterocycles. The number of rotatable bonds is 3. The lowest BCUT2D eigenvalue weighted by atomic mass is 10.1. The summed E-state index contributed by atoms with van der Waals surface area (Å²) >= 11 is 0. The third-order valence-electron chi connectivity index (χ3n) is 2.30. The van der Waals surface area contributed by atoms with Crippen molar-refractivity contribution in [2.24, 2.45) is 0 Å². The van der Waals surface area contributed by atoms with Gasteiger partial charge in [-0.1, -0.05) is 41.4 Å².